The fourth-order valence-electron chi connectivity index (χ4n) is 1.79. The number of nitrogens with zero attached hydrogens (tertiary/aromatic N) is 2. The van der Waals surface area contributed by atoms with Crippen LogP contribution in [0, 0.1) is 0 Å². The average molecular weight is 351 g/mol. The van der Waals surface area contributed by atoms with E-state index in [0.717, 1.165) is 10.0 Å². The number of halogens is 1. The molecule has 0 aliphatic carbocycles. The number of amides is 1. The van der Waals surface area contributed by atoms with Gasteiger partial charge in [-0.15, -0.1) is 5.10 Å². The Labute approximate surface area is 132 Å². The highest BCUT2D eigenvalue weighted by molar-refractivity contribution is 9.10. The minimum absolute atomic E-state index is 0.109. The number of benzene rings is 1. The number of hydrogen-bond donors (Lipinski definition) is 2. The van der Waals surface area contributed by atoms with Crippen molar-refractivity contribution in [3.63, 3.8) is 0 Å². The Morgan fingerprint density at radius 2 is 1.90 bits per heavy atom. The lowest BCUT2D eigenvalue weighted by Gasteiger charge is -2.14. The summed E-state index contributed by atoms with van der Waals surface area (Å²) < 4.78 is 1.01. The first-order valence-electron chi connectivity index (χ1n) is 6.76. The SMILES string of the molecule is C[C@@H](NC(=O)c1n[nH]c(C(C)(C)C)n1)c1ccc(Br)cc1. The van der Waals surface area contributed by atoms with Crippen LogP contribution in [0.25, 0.3) is 0 Å². The largest absolute Gasteiger partial charge is 0.343 e. The van der Waals surface area contributed by atoms with Gasteiger partial charge in [0, 0.05) is 9.89 Å². The molecule has 21 heavy (non-hydrogen) atoms. The summed E-state index contributed by atoms with van der Waals surface area (Å²) in [6.45, 7) is 7.97. The number of aromatic nitrogens is 3. The zero-order valence-corrected chi connectivity index (χ0v) is 14.2. The van der Waals surface area contributed by atoms with Crippen LogP contribution in [0.2, 0.25) is 0 Å². The third-order valence-corrected chi connectivity index (χ3v) is 3.65. The predicted octanol–water partition coefficient (Wildman–Crippen LogP) is 3.36. The van der Waals surface area contributed by atoms with E-state index in [9.17, 15) is 4.79 Å². The normalized spacial score (nSPS) is 13.0. The molecule has 1 heterocycles. The molecule has 1 atom stereocenters. The molecule has 0 fully saturated rings. The Hall–Kier alpha value is -1.69. The van der Waals surface area contributed by atoms with Crippen LogP contribution >= 0.6 is 15.9 Å². The van der Waals surface area contributed by atoms with Crippen molar-refractivity contribution in [3.8, 4) is 0 Å². The Morgan fingerprint density at radius 3 is 2.43 bits per heavy atom. The van der Waals surface area contributed by atoms with E-state index in [2.05, 4.69) is 36.4 Å². The lowest BCUT2D eigenvalue weighted by atomic mass is 9.96. The number of nitrogens with one attached hydrogen (secondary N) is 2. The topological polar surface area (TPSA) is 70.7 Å². The summed E-state index contributed by atoms with van der Waals surface area (Å²) in [5.74, 6) is 0.588. The summed E-state index contributed by atoms with van der Waals surface area (Å²) in [5, 5.41) is 9.70. The molecule has 112 valence electrons. The van der Waals surface area contributed by atoms with Gasteiger partial charge in [0.05, 0.1) is 6.04 Å². The maximum Gasteiger partial charge on any atom is 0.291 e. The van der Waals surface area contributed by atoms with E-state index in [-0.39, 0.29) is 23.2 Å². The van der Waals surface area contributed by atoms with Gasteiger partial charge in [-0.3, -0.25) is 9.89 Å². The van der Waals surface area contributed by atoms with Gasteiger partial charge >= 0.3 is 0 Å². The molecule has 0 saturated carbocycles. The van der Waals surface area contributed by atoms with E-state index in [4.69, 9.17) is 0 Å². The van der Waals surface area contributed by atoms with Crippen molar-refractivity contribution in [2.45, 2.75) is 39.2 Å². The van der Waals surface area contributed by atoms with Gasteiger partial charge < -0.3 is 5.32 Å². The van der Waals surface area contributed by atoms with Gasteiger partial charge in [-0.05, 0) is 24.6 Å². The highest BCUT2D eigenvalue weighted by Gasteiger charge is 2.22. The number of carbonyl (C=O) groups excluding carboxylic acids is 1. The second-order valence-electron chi connectivity index (χ2n) is 6.00. The molecular formula is C15H19BrN4O. The van der Waals surface area contributed by atoms with Crippen LogP contribution in [0.4, 0.5) is 0 Å². The molecule has 0 spiro atoms. The Morgan fingerprint density at radius 1 is 1.29 bits per heavy atom. The Bertz CT molecular complexity index is 628. The summed E-state index contributed by atoms with van der Waals surface area (Å²) in [7, 11) is 0. The molecule has 0 aliphatic heterocycles. The Kier molecular flexibility index (Phi) is 4.46. The highest BCUT2D eigenvalue weighted by atomic mass is 79.9. The number of H-pyrrole nitrogens is 1. The molecule has 0 bridgehead atoms. The van der Waals surface area contributed by atoms with E-state index in [0.29, 0.717) is 5.82 Å². The molecule has 2 N–H and O–H groups in total. The van der Waals surface area contributed by atoms with Crippen molar-refractivity contribution in [1.82, 2.24) is 20.5 Å². The standard InChI is InChI=1S/C15H19BrN4O/c1-9(10-5-7-11(16)8-6-10)17-13(21)12-18-14(20-19-12)15(2,3)4/h5-9H,1-4H3,(H,17,21)(H,18,19,20)/t9-/m1/s1. The first-order valence-corrected chi connectivity index (χ1v) is 7.56. The van der Waals surface area contributed by atoms with E-state index in [1.807, 2.05) is 52.0 Å². The first-order chi connectivity index (χ1) is 9.77. The van der Waals surface area contributed by atoms with Gasteiger partial charge in [0.2, 0.25) is 5.82 Å². The predicted molar refractivity (Wildman–Crippen MR) is 85.1 cm³/mol. The van der Waals surface area contributed by atoms with Crippen LogP contribution < -0.4 is 5.32 Å². The van der Waals surface area contributed by atoms with Gasteiger partial charge in [-0.2, -0.15) is 0 Å². The van der Waals surface area contributed by atoms with Crippen molar-refractivity contribution in [2.75, 3.05) is 0 Å². The average Bonchev–Trinajstić information content (AvgIpc) is 2.88. The molecule has 2 rings (SSSR count). The van der Waals surface area contributed by atoms with Crippen LogP contribution in [0.15, 0.2) is 28.7 Å². The maximum absolute atomic E-state index is 12.2. The van der Waals surface area contributed by atoms with Crippen LogP contribution in [-0.4, -0.2) is 21.1 Å². The Balaban J connectivity index is 2.07. The van der Waals surface area contributed by atoms with Gasteiger partial charge in [0.15, 0.2) is 0 Å². The molecule has 0 radical (unpaired) electrons. The van der Waals surface area contributed by atoms with Crippen LogP contribution in [0.5, 0.6) is 0 Å². The molecule has 0 saturated heterocycles. The number of aromatic amines is 1. The molecule has 6 heteroatoms. The minimum atomic E-state index is -0.280. The van der Waals surface area contributed by atoms with Crippen LogP contribution in [0.3, 0.4) is 0 Å². The summed E-state index contributed by atoms with van der Waals surface area (Å²) in [6.07, 6.45) is 0. The second-order valence-corrected chi connectivity index (χ2v) is 6.92. The fraction of sp³-hybridized carbons (Fsp3) is 0.400. The molecule has 2 aromatic rings. The molecule has 5 nitrogen and oxygen atoms in total. The molecule has 0 unspecified atom stereocenters. The molecule has 1 amide bonds. The van der Waals surface area contributed by atoms with Crippen molar-refractivity contribution in [3.05, 3.63) is 46.0 Å². The van der Waals surface area contributed by atoms with Crippen molar-refractivity contribution in [2.24, 2.45) is 0 Å². The maximum atomic E-state index is 12.2. The summed E-state index contributed by atoms with van der Waals surface area (Å²) in [4.78, 5) is 16.4. The first kappa shape index (κ1) is 15.7. The van der Waals surface area contributed by atoms with Crippen molar-refractivity contribution in [1.29, 1.82) is 0 Å². The third kappa shape index (κ3) is 3.91. The van der Waals surface area contributed by atoms with Gasteiger partial charge in [0.25, 0.3) is 5.91 Å². The smallest absolute Gasteiger partial charge is 0.291 e. The highest BCUT2D eigenvalue weighted by Crippen LogP contribution is 2.18. The number of hydrogen-bond acceptors (Lipinski definition) is 3. The van der Waals surface area contributed by atoms with Crippen LogP contribution in [0.1, 0.15) is 55.7 Å². The summed E-state index contributed by atoms with van der Waals surface area (Å²) in [6, 6.07) is 7.72. The van der Waals surface area contributed by atoms with Gasteiger partial charge in [0.1, 0.15) is 5.82 Å². The minimum Gasteiger partial charge on any atom is -0.343 e. The van der Waals surface area contributed by atoms with Gasteiger partial charge in [-0.25, -0.2) is 4.98 Å². The molecular weight excluding hydrogens is 332 g/mol. The lowest BCUT2D eigenvalue weighted by Crippen LogP contribution is -2.27. The molecule has 0 aliphatic rings. The van der Waals surface area contributed by atoms with Crippen molar-refractivity contribution >= 4 is 21.8 Å². The number of rotatable bonds is 3. The third-order valence-electron chi connectivity index (χ3n) is 3.12. The van der Waals surface area contributed by atoms with E-state index < -0.39 is 0 Å². The molecule has 1 aromatic heterocycles. The zero-order valence-electron chi connectivity index (χ0n) is 12.6. The number of carbonyl (C=O) groups is 1. The zero-order chi connectivity index (χ0) is 15.6. The van der Waals surface area contributed by atoms with Crippen molar-refractivity contribution < 1.29 is 4.79 Å². The molecule has 1 aromatic carbocycles. The van der Waals surface area contributed by atoms with E-state index in [1.165, 1.54) is 0 Å². The lowest BCUT2D eigenvalue weighted by molar-refractivity contribution is 0.0929. The second kappa shape index (κ2) is 5.97. The van der Waals surface area contributed by atoms with E-state index in [1.54, 1.807) is 0 Å². The summed E-state index contributed by atoms with van der Waals surface area (Å²) in [5.41, 5.74) is 0.862. The van der Waals surface area contributed by atoms with Crippen LogP contribution in [-0.2, 0) is 5.41 Å². The monoisotopic (exact) mass is 350 g/mol. The summed E-state index contributed by atoms with van der Waals surface area (Å²) >= 11 is 3.39. The van der Waals surface area contributed by atoms with E-state index >= 15 is 0 Å². The fourth-order valence-corrected chi connectivity index (χ4v) is 2.06. The quantitative estimate of drug-likeness (QED) is 0.891. The van der Waals surface area contributed by atoms with Gasteiger partial charge in [-0.1, -0.05) is 48.8 Å².